The SMILES string of the molecule is Cc1ccc(NC(=O)c2cc(N)cc(C)c2F)cc1. The standard InChI is InChI=1S/C15H15FN2O/c1-9-3-5-12(6-4-9)18-15(19)13-8-11(17)7-10(2)14(13)16/h3-8H,17H2,1-2H3,(H,18,19). The van der Waals surface area contributed by atoms with Crippen LogP contribution in [0.4, 0.5) is 15.8 Å². The first-order valence-electron chi connectivity index (χ1n) is 5.91. The van der Waals surface area contributed by atoms with Crippen LogP contribution in [0, 0.1) is 19.7 Å². The summed E-state index contributed by atoms with van der Waals surface area (Å²) in [4.78, 5) is 12.0. The van der Waals surface area contributed by atoms with Crippen molar-refractivity contribution in [2.24, 2.45) is 0 Å². The van der Waals surface area contributed by atoms with E-state index < -0.39 is 11.7 Å². The fourth-order valence-corrected chi connectivity index (χ4v) is 1.80. The van der Waals surface area contributed by atoms with Crippen LogP contribution >= 0.6 is 0 Å². The monoisotopic (exact) mass is 258 g/mol. The average Bonchev–Trinajstić information content (AvgIpc) is 2.36. The number of halogens is 1. The number of nitrogen functional groups attached to an aromatic ring is 1. The molecule has 0 saturated carbocycles. The summed E-state index contributed by atoms with van der Waals surface area (Å²) >= 11 is 0. The maximum Gasteiger partial charge on any atom is 0.258 e. The Morgan fingerprint density at radius 1 is 1.16 bits per heavy atom. The van der Waals surface area contributed by atoms with E-state index in [0.29, 0.717) is 16.9 Å². The summed E-state index contributed by atoms with van der Waals surface area (Å²) in [6, 6.07) is 10.1. The Labute approximate surface area is 111 Å². The normalized spacial score (nSPS) is 10.3. The first-order chi connectivity index (χ1) is 8.97. The molecule has 0 aromatic heterocycles. The van der Waals surface area contributed by atoms with Gasteiger partial charge in [0.25, 0.3) is 5.91 Å². The number of benzene rings is 2. The lowest BCUT2D eigenvalue weighted by Crippen LogP contribution is -2.15. The van der Waals surface area contributed by atoms with Crippen LogP contribution in [0.3, 0.4) is 0 Å². The topological polar surface area (TPSA) is 55.1 Å². The van der Waals surface area contributed by atoms with E-state index in [0.717, 1.165) is 5.56 Å². The maximum atomic E-state index is 13.9. The third-order valence-corrected chi connectivity index (χ3v) is 2.83. The minimum absolute atomic E-state index is 0.0434. The Balaban J connectivity index is 2.27. The van der Waals surface area contributed by atoms with E-state index in [1.807, 2.05) is 19.1 Å². The van der Waals surface area contributed by atoms with E-state index in [1.54, 1.807) is 19.1 Å². The molecule has 0 fully saturated rings. The molecule has 4 heteroatoms. The van der Waals surface area contributed by atoms with Crippen molar-refractivity contribution in [3.05, 3.63) is 58.9 Å². The highest BCUT2D eigenvalue weighted by atomic mass is 19.1. The second kappa shape index (κ2) is 5.10. The third kappa shape index (κ3) is 2.91. The molecule has 2 aromatic carbocycles. The second-order valence-corrected chi connectivity index (χ2v) is 4.52. The minimum atomic E-state index is -0.543. The molecular weight excluding hydrogens is 243 g/mol. The minimum Gasteiger partial charge on any atom is -0.399 e. The smallest absolute Gasteiger partial charge is 0.258 e. The third-order valence-electron chi connectivity index (χ3n) is 2.83. The molecule has 0 unspecified atom stereocenters. The van der Waals surface area contributed by atoms with Crippen LogP contribution in [0.1, 0.15) is 21.5 Å². The lowest BCUT2D eigenvalue weighted by atomic mass is 10.1. The molecule has 0 aliphatic carbocycles. The quantitative estimate of drug-likeness (QED) is 0.812. The Hall–Kier alpha value is -2.36. The predicted octanol–water partition coefficient (Wildman–Crippen LogP) is 3.28. The zero-order valence-electron chi connectivity index (χ0n) is 10.8. The summed E-state index contributed by atoms with van der Waals surface area (Å²) in [5.41, 5.74) is 8.02. The summed E-state index contributed by atoms with van der Waals surface area (Å²) in [5.74, 6) is -1.05. The zero-order chi connectivity index (χ0) is 14.0. The van der Waals surface area contributed by atoms with Gasteiger partial charge in [0.1, 0.15) is 5.82 Å². The number of hydrogen-bond donors (Lipinski definition) is 2. The number of rotatable bonds is 2. The molecule has 0 aliphatic heterocycles. The fraction of sp³-hybridized carbons (Fsp3) is 0.133. The molecule has 2 aromatic rings. The molecule has 19 heavy (non-hydrogen) atoms. The molecular formula is C15H15FN2O. The molecule has 2 rings (SSSR count). The number of nitrogens with two attached hydrogens (primary N) is 1. The van der Waals surface area contributed by atoms with Crippen molar-refractivity contribution in [1.82, 2.24) is 0 Å². The van der Waals surface area contributed by atoms with Crippen molar-refractivity contribution in [2.45, 2.75) is 13.8 Å². The van der Waals surface area contributed by atoms with Crippen molar-refractivity contribution in [3.63, 3.8) is 0 Å². The van der Waals surface area contributed by atoms with Gasteiger partial charge in [-0.05, 0) is 43.7 Å². The average molecular weight is 258 g/mol. The van der Waals surface area contributed by atoms with Crippen LogP contribution in [0.5, 0.6) is 0 Å². The first kappa shape index (κ1) is 13.1. The van der Waals surface area contributed by atoms with Crippen LogP contribution in [0.25, 0.3) is 0 Å². The van der Waals surface area contributed by atoms with Crippen molar-refractivity contribution >= 4 is 17.3 Å². The van der Waals surface area contributed by atoms with Gasteiger partial charge >= 0.3 is 0 Å². The van der Waals surface area contributed by atoms with Crippen molar-refractivity contribution in [2.75, 3.05) is 11.1 Å². The highest BCUT2D eigenvalue weighted by Crippen LogP contribution is 2.19. The maximum absolute atomic E-state index is 13.9. The molecule has 0 spiro atoms. The highest BCUT2D eigenvalue weighted by molar-refractivity contribution is 6.05. The van der Waals surface area contributed by atoms with Gasteiger partial charge in [-0.3, -0.25) is 4.79 Å². The fourth-order valence-electron chi connectivity index (χ4n) is 1.80. The first-order valence-corrected chi connectivity index (χ1v) is 5.91. The molecule has 0 saturated heterocycles. The van der Waals surface area contributed by atoms with E-state index in [2.05, 4.69) is 5.32 Å². The van der Waals surface area contributed by atoms with Crippen LogP contribution in [0.2, 0.25) is 0 Å². The summed E-state index contributed by atoms with van der Waals surface area (Å²) in [6.45, 7) is 3.53. The lowest BCUT2D eigenvalue weighted by Gasteiger charge is -2.09. The Morgan fingerprint density at radius 3 is 2.42 bits per heavy atom. The zero-order valence-corrected chi connectivity index (χ0v) is 10.8. The van der Waals surface area contributed by atoms with E-state index in [9.17, 15) is 9.18 Å². The molecule has 3 nitrogen and oxygen atoms in total. The van der Waals surface area contributed by atoms with Gasteiger partial charge in [-0.2, -0.15) is 0 Å². The van der Waals surface area contributed by atoms with Crippen LogP contribution in [0.15, 0.2) is 36.4 Å². The van der Waals surface area contributed by atoms with Crippen molar-refractivity contribution < 1.29 is 9.18 Å². The second-order valence-electron chi connectivity index (χ2n) is 4.52. The van der Waals surface area contributed by atoms with Crippen molar-refractivity contribution in [1.29, 1.82) is 0 Å². The van der Waals surface area contributed by atoms with Gasteiger partial charge in [0, 0.05) is 11.4 Å². The molecule has 0 heterocycles. The number of hydrogen-bond acceptors (Lipinski definition) is 2. The van der Waals surface area contributed by atoms with Gasteiger partial charge in [0.15, 0.2) is 0 Å². The number of amides is 1. The summed E-state index contributed by atoms with van der Waals surface area (Å²) < 4.78 is 13.9. The molecule has 98 valence electrons. The lowest BCUT2D eigenvalue weighted by molar-refractivity contribution is 0.102. The van der Waals surface area contributed by atoms with Gasteiger partial charge in [0.05, 0.1) is 5.56 Å². The van der Waals surface area contributed by atoms with Gasteiger partial charge in [-0.1, -0.05) is 17.7 Å². The molecule has 0 aliphatic rings. The molecule has 1 amide bonds. The van der Waals surface area contributed by atoms with Gasteiger partial charge in [-0.15, -0.1) is 0 Å². The number of carbonyl (C=O) groups excluding carboxylic acids is 1. The molecule has 0 radical (unpaired) electrons. The molecule has 0 bridgehead atoms. The Morgan fingerprint density at radius 2 is 1.79 bits per heavy atom. The number of carbonyl (C=O) groups is 1. The van der Waals surface area contributed by atoms with E-state index in [4.69, 9.17) is 5.73 Å². The van der Waals surface area contributed by atoms with Gasteiger partial charge < -0.3 is 11.1 Å². The Bertz CT molecular complexity index is 621. The largest absolute Gasteiger partial charge is 0.399 e. The van der Waals surface area contributed by atoms with E-state index >= 15 is 0 Å². The Kier molecular flexibility index (Phi) is 3.51. The van der Waals surface area contributed by atoms with E-state index in [1.165, 1.54) is 12.1 Å². The van der Waals surface area contributed by atoms with Crippen molar-refractivity contribution in [3.8, 4) is 0 Å². The molecule has 3 N–H and O–H groups in total. The summed E-state index contributed by atoms with van der Waals surface area (Å²) in [6.07, 6.45) is 0. The summed E-state index contributed by atoms with van der Waals surface area (Å²) in [7, 11) is 0. The highest BCUT2D eigenvalue weighted by Gasteiger charge is 2.14. The van der Waals surface area contributed by atoms with Crippen LogP contribution in [-0.2, 0) is 0 Å². The summed E-state index contributed by atoms with van der Waals surface area (Å²) in [5, 5.41) is 2.65. The number of aryl methyl sites for hydroxylation is 2. The number of anilines is 2. The van der Waals surface area contributed by atoms with Crippen LogP contribution < -0.4 is 11.1 Å². The van der Waals surface area contributed by atoms with E-state index in [-0.39, 0.29) is 5.56 Å². The van der Waals surface area contributed by atoms with Crippen LogP contribution in [-0.4, -0.2) is 5.91 Å². The van der Waals surface area contributed by atoms with Gasteiger partial charge in [-0.25, -0.2) is 4.39 Å². The predicted molar refractivity (Wildman–Crippen MR) is 74.7 cm³/mol. The van der Waals surface area contributed by atoms with Gasteiger partial charge in [0.2, 0.25) is 0 Å². The number of nitrogens with one attached hydrogen (secondary N) is 1. The molecule has 0 atom stereocenters.